The molecule has 1 fully saturated rings. The van der Waals surface area contributed by atoms with Crippen LogP contribution >= 0.6 is 11.6 Å². The van der Waals surface area contributed by atoms with Crippen molar-refractivity contribution in [2.24, 2.45) is 5.41 Å². The number of nitrogens with one attached hydrogen (secondary N) is 1. The van der Waals surface area contributed by atoms with Crippen molar-refractivity contribution in [3.05, 3.63) is 29.5 Å². The van der Waals surface area contributed by atoms with Gasteiger partial charge in [-0.05, 0) is 36.5 Å². The van der Waals surface area contributed by atoms with E-state index in [0.717, 1.165) is 45.9 Å². The van der Waals surface area contributed by atoms with Gasteiger partial charge in [0, 0.05) is 29.0 Å². The molecule has 1 aromatic carbocycles. The molecular weight excluding hydrogens is 296 g/mol. The van der Waals surface area contributed by atoms with Gasteiger partial charge in [-0.3, -0.25) is 0 Å². The summed E-state index contributed by atoms with van der Waals surface area (Å²) >= 11 is 6.13. The van der Waals surface area contributed by atoms with E-state index in [0.29, 0.717) is 5.41 Å². The SMILES string of the molecule is CC1(C)CCCN(c2ncnc3c2[nH]c2ccc(Cl)cc23)C1. The first-order valence-corrected chi connectivity index (χ1v) is 8.08. The minimum atomic E-state index is 0.324. The molecule has 0 aliphatic carbocycles. The highest BCUT2D eigenvalue weighted by molar-refractivity contribution is 6.31. The fourth-order valence-corrected chi connectivity index (χ4v) is 3.67. The molecule has 0 unspecified atom stereocenters. The topological polar surface area (TPSA) is 44.8 Å². The Balaban J connectivity index is 1.89. The molecule has 22 heavy (non-hydrogen) atoms. The van der Waals surface area contributed by atoms with Crippen LogP contribution in [-0.4, -0.2) is 28.0 Å². The van der Waals surface area contributed by atoms with Crippen molar-refractivity contribution in [2.45, 2.75) is 26.7 Å². The Morgan fingerprint density at radius 3 is 2.95 bits per heavy atom. The second-order valence-electron chi connectivity index (χ2n) is 6.93. The first-order chi connectivity index (χ1) is 10.5. The molecule has 3 heterocycles. The van der Waals surface area contributed by atoms with Crippen LogP contribution in [0.4, 0.5) is 5.82 Å². The minimum absolute atomic E-state index is 0.324. The van der Waals surface area contributed by atoms with Gasteiger partial charge in [0.15, 0.2) is 5.82 Å². The Bertz CT molecular complexity index is 852. The Labute approximate surface area is 134 Å². The van der Waals surface area contributed by atoms with Gasteiger partial charge in [0.1, 0.15) is 17.4 Å². The fraction of sp³-hybridized carbons (Fsp3) is 0.412. The lowest BCUT2D eigenvalue weighted by Crippen LogP contribution is -2.40. The number of halogens is 1. The van der Waals surface area contributed by atoms with E-state index in [4.69, 9.17) is 11.6 Å². The summed E-state index contributed by atoms with van der Waals surface area (Å²) in [6, 6.07) is 5.87. The highest BCUT2D eigenvalue weighted by Crippen LogP contribution is 2.35. The first-order valence-electron chi connectivity index (χ1n) is 7.70. The van der Waals surface area contributed by atoms with Crippen LogP contribution < -0.4 is 4.90 Å². The monoisotopic (exact) mass is 314 g/mol. The molecule has 3 aromatic rings. The molecule has 4 nitrogen and oxygen atoms in total. The highest BCUT2D eigenvalue weighted by Gasteiger charge is 2.28. The number of aromatic amines is 1. The van der Waals surface area contributed by atoms with Gasteiger partial charge in [-0.15, -0.1) is 0 Å². The molecule has 0 radical (unpaired) electrons. The predicted molar refractivity (Wildman–Crippen MR) is 91.6 cm³/mol. The second kappa shape index (κ2) is 4.85. The van der Waals surface area contributed by atoms with Gasteiger partial charge >= 0.3 is 0 Å². The molecule has 1 N–H and O–H groups in total. The van der Waals surface area contributed by atoms with Crippen LogP contribution in [0.2, 0.25) is 5.02 Å². The van der Waals surface area contributed by atoms with E-state index < -0.39 is 0 Å². The number of rotatable bonds is 1. The number of piperidine rings is 1. The third kappa shape index (κ3) is 2.22. The third-order valence-electron chi connectivity index (χ3n) is 4.52. The summed E-state index contributed by atoms with van der Waals surface area (Å²) in [7, 11) is 0. The molecule has 0 saturated carbocycles. The number of anilines is 1. The number of H-pyrrole nitrogens is 1. The van der Waals surface area contributed by atoms with Crippen molar-refractivity contribution < 1.29 is 0 Å². The van der Waals surface area contributed by atoms with E-state index in [9.17, 15) is 0 Å². The van der Waals surface area contributed by atoms with Gasteiger partial charge in [0.05, 0.1) is 0 Å². The average molecular weight is 315 g/mol. The van der Waals surface area contributed by atoms with Crippen molar-refractivity contribution in [2.75, 3.05) is 18.0 Å². The molecule has 0 spiro atoms. The minimum Gasteiger partial charge on any atom is -0.354 e. The summed E-state index contributed by atoms with van der Waals surface area (Å²) < 4.78 is 0. The molecule has 114 valence electrons. The highest BCUT2D eigenvalue weighted by atomic mass is 35.5. The summed E-state index contributed by atoms with van der Waals surface area (Å²) in [5, 5.41) is 1.79. The van der Waals surface area contributed by atoms with Crippen LogP contribution in [-0.2, 0) is 0 Å². The maximum absolute atomic E-state index is 6.13. The lowest BCUT2D eigenvalue weighted by molar-refractivity contribution is 0.292. The van der Waals surface area contributed by atoms with E-state index >= 15 is 0 Å². The van der Waals surface area contributed by atoms with Crippen molar-refractivity contribution >= 4 is 39.4 Å². The number of hydrogen-bond donors (Lipinski definition) is 1. The Morgan fingerprint density at radius 2 is 2.14 bits per heavy atom. The van der Waals surface area contributed by atoms with Crippen molar-refractivity contribution in [3.63, 3.8) is 0 Å². The molecule has 1 saturated heterocycles. The zero-order valence-corrected chi connectivity index (χ0v) is 13.6. The largest absolute Gasteiger partial charge is 0.354 e. The Morgan fingerprint density at radius 1 is 1.27 bits per heavy atom. The van der Waals surface area contributed by atoms with E-state index in [2.05, 4.69) is 33.7 Å². The predicted octanol–water partition coefficient (Wildman–Crippen LogP) is 4.39. The molecule has 1 aliphatic rings. The van der Waals surface area contributed by atoms with Crippen LogP contribution in [0.15, 0.2) is 24.5 Å². The number of fused-ring (bicyclic) bond motifs is 3. The summed E-state index contributed by atoms with van der Waals surface area (Å²) in [6.45, 7) is 6.71. The normalized spacial score (nSPS) is 18.2. The molecule has 2 aromatic heterocycles. The molecule has 1 aliphatic heterocycles. The van der Waals surface area contributed by atoms with E-state index in [1.807, 2.05) is 18.2 Å². The van der Waals surface area contributed by atoms with Gasteiger partial charge in [-0.25, -0.2) is 9.97 Å². The van der Waals surface area contributed by atoms with Gasteiger partial charge in [0.25, 0.3) is 0 Å². The van der Waals surface area contributed by atoms with Crippen LogP contribution in [0.25, 0.3) is 21.9 Å². The van der Waals surface area contributed by atoms with Gasteiger partial charge in [-0.2, -0.15) is 0 Å². The zero-order chi connectivity index (χ0) is 15.3. The van der Waals surface area contributed by atoms with Crippen molar-refractivity contribution in [1.29, 1.82) is 0 Å². The Kier molecular flexibility index (Phi) is 3.05. The summed E-state index contributed by atoms with van der Waals surface area (Å²) in [5.74, 6) is 1.00. The maximum Gasteiger partial charge on any atom is 0.156 e. The maximum atomic E-state index is 6.13. The lowest BCUT2D eigenvalue weighted by Gasteiger charge is -2.38. The van der Waals surface area contributed by atoms with Gasteiger partial charge in [-0.1, -0.05) is 25.4 Å². The number of hydrogen-bond acceptors (Lipinski definition) is 3. The molecule has 5 heteroatoms. The molecule has 0 amide bonds. The van der Waals surface area contributed by atoms with Crippen molar-refractivity contribution in [3.8, 4) is 0 Å². The third-order valence-corrected chi connectivity index (χ3v) is 4.76. The molecule has 0 bridgehead atoms. The molecule has 0 atom stereocenters. The zero-order valence-electron chi connectivity index (χ0n) is 12.9. The summed E-state index contributed by atoms with van der Waals surface area (Å²) in [6.07, 6.45) is 4.12. The molecular formula is C17H19ClN4. The number of aromatic nitrogens is 3. The fourth-order valence-electron chi connectivity index (χ4n) is 3.50. The van der Waals surface area contributed by atoms with Crippen molar-refractivity contribution in [1.82, 2.24) is 15.0 Å². The summed E-state index contributed by atoms with van der Waals surface area (Å²) in [4.78, 5) is 14.9. The quantitative estimate of drug-likeness (QED) is 0.724. The van der Waals surface area contributed by atoms with E-state index in [-0.39, 0.29) is 0 Å². The summed E-state index contributed by atoms with van der Waals surface area (Å²) in [5.41, 5.74) is 3.34. The van der Waals surface area contributed by atoms with Crippen LogP contribution in [0.5, 0.6) is 0 Å². The lowest BCUT2D eigenvalue weighted by atomic mass is 9.84. The Hall–Kier alpha value is -1.81. The standard InChI is InChI=1S/C17H19ClN4/c1-17(2)6-3-7-22(9-17)16-15-14(19-10-20-16)12-8-11(18)4-5-13(12)21-15/h4-5,8,10,21H,3,6-7,9H2,1-2H3. The van der Waals surface area contributed by atoms with Gasteiger partial charge < -0.3 is 9.88 Å². The average Bonchev–Trinajstić information content (AvgIpc) is 2.84. The van der Waals surface area contributed by atoms with Crippen LogP contribution in [0, 0.1) is 5.41 Å². The number of benzene rings is 1. The van der Waals surface area contributed by atoms with E-state index in [1.165, 1.54) is 12.8 Å². The van der Waals surface area contributed by atoms with Crippen LogP contribution in [0.1, 0.15) is 26.7 Å². The van der Waals surface area contributed by atoms with Gasteiger partial charge in [0.2, 0.25) is 0 Å². The molecule has 4 rings (SSSR count). The van der Waals surface area contributed by atoms with E-state index in [1.54, 1.807) is 6.33 Å². The number of nitrogens with zero attached hydrogens (tertiary/aromatic N) is 3. The van der Waals surface area contributed by atoms with Crippen LogP contribution in [0.3, 0.4) is 0 Å². The first kappa shape index (κ1) is 13.8. The smallest absolute Gasteiger partial charge is 0.156 e. The second-order valence-corrected chi connectivity index (χ2v) is 7.36.